The van der Waals surface area contributed by atoms with Crippen molar-refractivity contribution < 1.29 is 9.59 Å². The molecule has 1 aliphatic heterocycles. The fourth-order valence-electron chi connectivity index (χ4n) is 3.73. The second kappa shape index (κ2) is 7.16. The molecule has 0 spiro atoms. The molecule has 0 atom stereocenters. The van der Waals surface area contributed by atoms with Gasteiger partial charge in [-0.2, -0.15) is 0 Å². The Labute approximate surface area is 161 Å². The van der Waals surface area contributed by atoms with Gasteiger partial charge in [0.25, 0.3) is 11.8 Å². The minimum Gasteiger partial charge on any atom is -0.289 e. The molecule has 0 saturated heterocycles. The van der Waals surface area contributed by atoms with Crippen molar-refractivity contribution in [2.24, 2.45) is 4.99 Å². The van der Waals surface area contributed by atoms with Crippen LogP contribution in [0.5, 0.6) is 0 Å². The van der Waals surface area contributed by atoms with E-state index in [9.17, 15) is 9.59 Å². The molecule has 1 saturated carbocycles. The van der Waals surface area contributed by atoms with Crippen LogP contribution in [0.1, 0.15) is 52.0 Å². The third-order valence-corrected chi connectivity index (χ3v) is 5.59. The van der Waals surface area contributed by atoms with Crippen LogP contribution >= 0.6 is 15.9 Å². The van der Waals surface area contributed by atoms with Gasteiger partial charge in [-0.05, 0) is 55.5 Å². The van der Waals surface area contributed by atoms with Gasteiger partial charge in [-0.3, -0.25) is 19.5 Å². The number of fused-ring (bicyclic) bond motifs is 1. The molecule has 1 fully saturated rings. The summed E-state index contributed by atoms with van der Waals surface area (Å²) in [6, 6.07) is 15.2. The Balaban J connectivity index is 1.41. The molecule has 0 aromatic heterocycles. The van der Waals surface area contributed by atoms with Crippen LogP contribution in [0.15, 0.2) is 58.0 Å². The van der Waals surface area contributed by atoms with Crippen LogP contribution in [0.4, 0.5) is 0 Å². The maximum absolute atomic E-state index is 12.6. The van der Waals surface area contributed by atoms with E-state index in [1.165, 1.54) is 16.2 Å². The summed E-state index contributed by atoms with van der Waals surface area (Å²) in [5.74, 6) is -0.296. The van der Waals surface area contributed by atoms with Gasteiger partial charge in [-0.15, -0.1) is 0 Å². The third-order valence-electron chi connectivity index (χ3n) is 5.10. The van der Waals surface area contributed by atoms with Gasteiger partial charge in [0.15, 0.2) is 0 Å². The van der Waals surface area contributed by atoms with Gasteiger partial charge in [0.1, 0.15) is 0 Å². The van der Waals surface area contributed by atoms with E-state index in [-0.39, 0.29) is 17.9 Å². The number of hydrogen-bond donors (Lipinski definition) is 0. The molecule has 0 unspecified atom stereocenters. The third kappa shape index (κ3) is 3.23. The van der Waals surface area contributed by atoms with Crippen molar-refractivity contribution in [3.8, 4) is 0 Å². The predicted octanol–water partition coefficient (Wildman–Crippen LogP) is 4.63. The van der Waals surface area contributed by atoms with E-state index in [2.05, 4.69) is 28.1 Å². The van der Waals surface area contributed by atoms with Gasteiger partial charge in [-0.25, -0.2) is 0 Å². The summed E-state index contributed by atoms with van der Waals surface area (Å²) in [6.07, 6.45) is 3.27. The zero-order chi connectivity index (χ0) is 18.1. The number of amides is 2. The molecule has 132 valence electrons. The second-order valence-electron chi connectivity index (χ2n) is 6.77. The van der Waals surface area contributed by atoms with Gasteiger partial charge in [-0.1, -0.05) is 40.2 Å². The average molecular weight is 411 g/mol. The maximum atomic E-state index is 12.6. The number of hydrogen-bond acceptors (Lipinski definition) is 3. The number of aliphatic imine (C=N–C) groups is 1. The van der Waals surface area contributed by atoms with Crippen LogP contribution < -0.4 is 0 Å². The first kappa shape index (κ1) is 17.2. The lowest BCUT2D eigenvalue weighted by atomic mass is 9.92. The molecule has 4 rings (SSSR count). The topological polar surface area (TPSA) is 49.7 Å². The molecule has 5 heteroatoms. The smallest absolute Gasteiger partial charge is 0.261 e. The van der Waals surface area contributed by atoms with E-state index in [1.807, 2.05) is 12.1 Å². The summed E-state index contributed by atoms with van der Waals surface area (Å²) in [4.78, 5) is 31.4. The number of carbonyl (C=O) groups is 2. The Morgan fingerprint density at radius 3 is 2.23 bits per heavy atom. The molecule has 1 aliphatic carbocycles. The maximum Gasteiger partial charge on any atom is 0.261 e. The Morgan fingerprint density at radius 2 is 1.62 bits per heavy atom. The highest BCUT2D eigenvalue weighted by molar-refractivity contribution is 9.10. The first-order chi connectivity index (χ1) is 12.6. The number of nitrogens with zero attached hydrogens (tertiary/aromatic N) is 2. The molecule has 2 aromatic rings. The van der Waals surface area contributed by atoms with E-state index in [1.54, 1.807) is 24.3 Å². The molecule has 1 heterocycles. The van der Waals surface area contributed by atoms with E-state index in [4.69, 9.17) is 4.99 Å². The largest absolute Gasteiger partial charge is 0.289 e. The van der Waals surface area contributed by atoms with Crippen molar-refractivity contribution >= 4 is 33.5 Å². The van der Waals surface area contributed by atoms with Crippen molar-refractivity contribution in [2.45, 2.75) is 38.3 Å². The van der Waals surface area contributed by atoms with Crippen LogP contribution in [0.2, 0.25) is 0 Å². The Hall–Kier alpha value is -2.27. The first-order valence-electron chi connectivity index (χ1n) is 8.87. The fourth-order valence-corrected chi connectivity index (χ4v) is 4.18. The number of rotatable bonds is 3. The summed E-state index contributed by atoms with van der Waals surface area (Å²) in [6.45, 7) is 0.673. The van der Waals surface area contributed by atoms with Crippen molar-refractivity contribution in [1.82, 2.24) is 4.90 Å². The van der Waals surface area contributed by atoms with E-state index in [0.717, 1.165) is 30.2 Å². The number of halogens is 1. The Morgan fingerprint density at radius 1 is 0.962 bits per heavy atom. The summed E-state index contributed by atoms with van der Waals surface area (Å²) < 4.78 is 1.06. The zero-order valence-corrected chi connectivity index (χ0v) is 15.9. The molecule has 0 radical (unpaired) electrons. The Bertz CT molecular complexity index is 861. The van der Waals surface area contributed by atoms with Crippen LogP contribution in [0.25, 0.3) is 0 Å². The Kier molecular flexibility index (Phi) is 4.72. The number of carbonyl (C=O) groups excluding carboxylic acids is 2. The van der Waals surface area contributed by atoms with E-state index >= 15 is 0 Å². The number of imide groups is 1. The molecule has 2 amide bonds. The lowest BCUT2D eigenvalue weighted by molar-refractivity contribution is 0.0565. The molecule has 0 N–H and O–H groups in total. The highest BCUT2D eigenvalue weighted by atomic mass is 79.9. The lowest BCUT2D eigenvalue weighted by Crippen LogP contribution is -2.42. The van der Waals surface area contributed by atoms with Gasteiger partial charge >= 0.3 is 0 Å². The van der Waals surface area contributed by atoms with E-state index < -0.39 is 0 Å². The zero-order valence-electron chi connectivity index (χ0n) is 14.3. The normalized spacial score (nSPS) is 19.7. The van der Waals surface area contributed by atoms with Crippen LogP contribution in [-0.2, 0) is 6.54 Å². The molecule has 0 bridgehead atoms. The second-order valence-corrected chi connectivity index (χ2v) is 7.69. The van der Waals surface area contributed by atoms with Crippen molar-refractivity contribution in [2.75, 3.05) is 0 Å². The summed E-state index contributed by atoms with van der Waals surface area (Å²) in [5, 5.41) is 0. The first-order valence-corrected chi connectivity index (χ1v) is 9.66. The number of benzene rings is 2. The van der Waals surface area contributed by atoms with Gasteiger partial charge < -0.3 is 0 Å². The molecular weight excluding hydrogens is 392 g/mol. The minimum absolute atomic E-state index is 0.0211. The van der Waals surface area contributed by atoms with Gasteiger partial charge in [0, 0.05) is 16.2 Å². The highest BCUT2D eigenvalue weighted by Gasteiger charge is 2.40. The predicted molar refractivity (Wildman–Crippen MR) is 104 cm³/mol. The monoisotopic (exact) mass is 410 g/mol. The highest BCUT2D eigenvalue weighted by Crippen LogP contribution is 2.30. The van der Waals surface area contributed by atoms with E-state index in [0.29, 0.717) is 17.7 Å². The summed E-state index contributed by atoms with van der Waals surface area (Å²) in [5.41, 5.74) is 3.42. The SMILES string of the molecule is O=C1c2ccccc2C(=O)N1C1CCC(=NCc2cccc(Br)c2)CC1. The van der Waals surface area contributed by atoms with Crippen molar-refractivity contribution in [3.05, 3.63) is 69.7 Å². The summed E-state index contributed by atoms with van der Waals surface area (Å²) >= 11 is 3.48. The standard InChI is InChI=1S/C21H19BrN2O2/c22-15-5-3-4-14(12-15)13-23-16-8-10-17(11-9-16)24-20(25)18-6-1-2-7-19(18)21(24)26/h1-7,12,17H,8-11,13H2. The molecule has 2 aliphatic rings. The lowest BCUT2D eigenvalue weighted by Gasteiger charge is -2.30. The minimum atomic E-state index is -0.148. The molecular formula is C21H19BrN2O2. The molecule has 26 heavy (non-hydrogen) atoms. The van der Waals surface area contributed by atoms with Crippen molar-refractivity contribution in [3.63, 3.8) is 0 Å². The van der Waals surface area contributed by atoms with Crippen LogP contribution in [0, 0.1) is 0 Å². The van der Waals surface area contributed by atoms with Crippen LogP contribution in [0.3, 0.4) is 0 Å². The van der Waals surface area contributed by atoms with Crippen molar-refractivity contribution in [1.29, 1.82) is 0 Å². The molecule has 2 aromatic carbocycles. The fraction of sp³-hybridized carbons (Fsp3) is 0.286. The molecule has 4 nitrogen and oxygen atoms in total. The average Bonchev–Trinajstić information content (AvgIpc) is 2.92. The summed E-state index contributed by atoms with van der Waals surface area (Å²) in [7, 11) is 0. The quantitative estimate of drug-likeness (QED) is 0.692. The van der Waals surface area contributed by atoms with Crippen LogP contribution in [-0.4, -0.2) is 28.5 Å². The van der Waals surface area contributed by atoms with Gasteiger partial charge in [0.05, 0.1) is 17.7 Å². The van der Waals surface area contributed by atoms with Gasteiger partial charge in [0.2, 0.25) is 0 Å².